The van der Waals surface area contributed by atoms with Crippen molar-refractivity contribution >= 4 is 5.91 Å². The third kappa shape index (κ3) is 4.94. The zero-order valence-electron chi connectivity index (χ0n) is 11.3. The zero-order chi connectivity index (χ0) is 12.8. The average molecular weight is 231 g/mol. The molecule has 0 bridgehead atoms. The lowest BCUT2D eigenvalue weighted by Crippen LogP contribution is -2.46. The van der Waals surface area contributed by atoms with Gasteiger partial charge in [-0.15, -0.1) is 0 Å². The van der Waals surface area contributed by atoms with Crippen LogP contribution in [-0.2, 0) is 14.3 Å². The minimum Gasteiger partial charge on any atom is -0.354 e. The minimum absolute atomic E-state index is 0.0761. The van der Waals surface area contributed by atoms with Gasteiger partial charge in [-0.1, -0.05) is 13.8 Å². The van der Waals surface area contributed by atoms with Gasteiger partial charge in [-0.3, -0.25) is 4.79 Å². The van der Waals surface area contributed by atoms with E-state index in [1.165, 1.54) is 6.92 Å². The second kappa shape index (κ2) is 6.86. The molecule has 1 amide bonds. The molecule has 0 aliphatic rings. The molecule has 1 N–H and O–H groups in total. The standard InChI is InChI=1S/C12H25NO3/c1-7-12(5,8-2)16-11(15-6)9(3)13-10(4)14/h9,11H,7-8H2,1-6H3,(H,13,14). The number of methoxy groups -OCH3 is 1. The monoisotopic (exact) mass is 231 g/mol. The molecule has 0 aromatic rings. The summed E-state index contributed by atoms with van der Waals surface area (Å²) in [6.07, 6.45) is 1.42. The van der Waals surface area contributed by atoms with Gasteiger partial charge < -0.3 is 14.8 Å². The molecule has 0 saturated carbocycles. The molecular weight excluding hydrogens is 206 g/mol. The highest BCUT2D eigenvalue weighted by Crippen LogP contribution is 2.22. The summed E-state index contributed by atoms with van der Waals surface area (Å²) in [7, 11) is 1.59. The first-order valence-electron chi connectivity index (χ1n) is 5.86. The van der Waals surface area contributed by atoms with Gasteiger partial charge in [-0.25, -0.2) is 0 Å². The van der Waals surface area contributed by atoms with E-state index in [9.17, 15) is 4.79 Å². The Balaban J connectivity index is 4.43. The summed E-state index contributed by atoms with van der Waals surface area (Å²) >= 11 is 0. The van der Waals surface area contributed by atoms with Crippen molar-refractivity contribution in [2.75, 3.05) is 7.11 Å². The lowest BCUT2D eigenvalue weighted by Gasteiger charge is -2.34. The Hall–Kier alpha value is -0.610. The van der Waals surface area contributed by atoms with Crippen molar-refractivity contribution in [2.45, 2.75) is 65.4 Å². The van der Waals surface area contributed by atoms with E-state index in [4.69, 9.17) is 9.47 Å². The molecule has 0 spiro atoms. The predicted molar refractivity (Wildman–Crippen MR) is 64.1 cm³/mol. The number of rotatable bonds is 7. The highest BCUT2D eigenvalue weighted by Gasteiger charge is 2.28. The van der Waals surface area contributed by atoms with E-state index in [2.05, 4.69) is 26.1 Å². The molecule has 96 valence electrons. The Morgan fingerprint density at radius 3 is 2.19 bits per heavy atom. The first-order valence-corrected chi connectivity index (χ1v) is 5.86. The molecular formula is C12H25NO3. The van der Waals surface area contributed by atoms with Crippen molar-refractivity contribution in [1.29, 1.82) is 0 Å². The Bertz CT molecular complexity index is 214. The Morgan fingerprint density at radius 1 is 1.38 bits per heavy atom. The van der Waals surface area contributed by atoms with Gasteiger partial charge in [0.05, 0.1) is 11.6 Å². The van der Waals surface area contributed by atoms with Crippen molar-refractivity contribution in [2.24, 2.45) is 0 Å². The highest BCUT2D eigenvalue weighted by atomic mass is 16.7. The van der Waals surface area contributed by atoms with Gasteiger partial charge in [0, 0.05) is 14.0 Å². The summed E-state index contributed by atoms with van der Waals surface area (Å²) in [5, 5.41) is 2.78. The number of hydrogen-bond donors (Lipinski definition) is 1. The number of carbonyl (C=O) groups is 1. The summed E-state index contributed by atoms with van der Waals surface area (Å²) in [5.41, 5.74) is -0.201. The normalized spacial score (nSPS) is 15.6. The van der Waals surface area contributed by atoms with Crippen LogP contribution in [0.15, 0.2) is 0 Å². The number of nitrogens with one attached hydrogen (secondary N) is 1. The number of carbonyl (C=O) groups excluding carboxylic acids is 1. The van der Waals surface area contributed by atoms with Crippen LogP contribution in [0.3, 0.4) is 0 Å². The molecule has 2 atom stereocenters. The average Bonchev–Trinajstić information content (AvgIpc) is 2.24. The molecule has 0 aliphatic carbocycles. The maximum atomic E-state index is 11.0. The largest absolute Gasteiger partial charge is 0.354 e. The van der Waals surface area contributed by atoms with E-state index < -0.39 is 6.29 Å². The van der Waals surface area contributed by atoms with Gasteiger partial charge in [0.25, 0.3) is 0 Å². The lowest BCUT2D eigenvalue weighted by molar-refractivity contribution is -0.207. The van der Waals surface area contributed by atoms with Crippen molar-refractivity contribution in [3.05, 3.63) is 0 Å². The SMILES string of the molecule is CCC(C)(CC)OC(OC)C(C)NC(C)=O. The van der Waals surface area contributed by atoms with Gasteiger partial charge in [-0.05, 0) is 26.7 Å². The summed E-state index contributed by atoms with van der Waals surface area (Å²) in [6.45, 7) is 9.58. The molecule has 4 heteroatoms. The predicted octanol–water partition coefficient (Wildman–Crippen LogP) is 2.08. The van der Waals surface area contributed by atoms with E-state index in [-0.39, 0.29) is 17.6 Å². The van der Waals surface area contributed by atoms with Crippen LogP contribution in [0.25, 0.3) is 0 Å². The van der Waals surface area contributed by atoms with Crippen LogP contribution in [0.4, 0.5) is 0 Å². The first-order chi connectivity index (χ1) is 7.38. The van der Waals surface area contributed by atoms with Crippen molar-refractivity contribution in [3.8, 4) is 0 Å². The molecule has 0 saturated heterocycles. The van der Waals surface area contributed by atoms with E-state index in [1.54, 1.807) is 7.11 Å². The quantitative estimate of drug-likeness (QED) is 0.682. The van der Waals surface area contributed by atoms with Crippen LogP contribution >= 0.6 is 0 Å². The molecule has 0 rings (SSSR count). The van der Waals surface area contributed by atoms with Crippen molar-refractivity contribution in [3.63, 3.8) is 0 Å². The Morgan fingerprint density at radius 2 is 1.88 bits per heavy atom. The van der Waals surface area contributed by atoms with E-state index in [0.717, 1.165) is 12.8 Å². The number of amides is 1. The molecule has 0 heterocycles. The fourth-order valence-corrected chi connectivity index (χ4v) is 1.44. The minimum atomic E-state index is -0.409. The molecule has 0 radical (unpaired) electrons. The van der Waals surface area contributed by atoms with Gasteiger partial charge in [-0.2, -0.15) is 0 Å². The Kier molecular flexibility index (Phi) is 6.60. The highest BCUT2D eigenvalue weighted by molar-refractivity contribution is 5.73. The van der Waals surface area contributed by atoms with E-state index >= 15 is 0 Å². The summed E-state index contributed by atoms with van der Waals surface area (Å²) in [5.74, 6) is -0.0761. The fraction of sp³-hybridized carbons (Fsp3) is 0.917. The number of ether oxygens (including phenoxy) is 2. The lowest BCUT2D eigenvalue weighted by atomic mass is 10.00. The van der Waals surface area contributed by atoms with Crippen LogP contribution in [0.5, 0.6) is 0 Å². The fourth-order valence-electron chi connectivity index (χ4n) is 1.44. The maximum absolute atomic E-state index is 11.0. The smallest absolute Gasteiger partial charge is 0.217 e. The van der Waals surface area contributed by atoms with Crippen molar-refractivity contribution in [1.82, 2.24) is 5.32 Å². The number of hydrogen-bond acceptors (Lipinski definition) is 3. The van der Waals surface area contributed by atoms with Crippen LogP contribution in [0.1, 0.15) is 47.5 Å². The third-order valence-corrected chi connectivity index (χ3v) is 2.97. The molecule has 0 aromatic carbocycles. The molecule has 2 unspecified atom stereocenters. The first kappa shape index (κ1) is 15.4. The topological polar surface area (TPSA) is 47.6 Å². The molecule has 4 nitrogen and oxygen atoms in total. The summed E-state index contributed by atoms with van der Waals surface area (Å²) in [6, 6.07) is -0.153. The van der Waals surface area contributed by atoms with Crippen molar-refractivity contribution < 1.29 is 14.3 Å². The summed E-state index contributed by atoms with van der Waals surface area (Å²) < 4.78 is 11.2. The van der Waals surface area contributed by atoms with Crippen LogP contribution in [-0.4, -0.2) is 30.9 Å². The van der Waals surface area contributed by atoms with E-state index in [1.807, 2.05) is 6.92 Å². The maximum Gasteiger partial charge on any atom is 0.217 e. The van der Waals surface area contributed by atoms with Gasteiger partial charge in [0.15, 0.2) is 6.29 Å². The second-order valence-electron chi connectivity index (χ2n) is 4.37. The van der Waals surface area contributed by atoms with Crippen LogP contribution in [0.2, 0.25) is 0 Å². The molecule has 0 fully saturated rings. The van der Waals surface area contributed by atoms with Gasteiger partial charge in [0.2, 0.25) is 5.91 Å². The third-order valence-electron chi connectivity index (χ3n) is 2.97. The second-order valence-corrected chi connectivity index (χ2v) is 4.37. The van der Waals surface area contributed by atoms with E-state index in [0.29, 0.717) is 0 Å². The zero-order valence-corrected chi connectivity index (χ0v) is 11.3. The van der Waals surface area contributed by atoms with Crippen LogP contribution in [0, 0.1) is 0 Å². The van der Waals surface area contributed by atoms with Gasteiger partial charge in [0.1, 0.15) is 0 Å². The van der Waals surface area contributed by atoms with Gasteiger partial charge >= 0.3 is 0 Å². The Labute approximate surface area is 98.7 Å². The summed E-state index contributed by atoms with van der Waals surface area (Å²) in [4.78, 5) is 11.0. The van der Waals surface area contributed by atoms with Crippen LogP contribution < -0.4 is 5.32 Å². The molecule has 0 aromatic heterocycles. The molecule has 16 heavy (non-hydrogen) atoms. The molecule has 0 aliphatic heterocycles.